The summed E-state index contributed by atoms with van der Waals surface area (Å²) in [6, 6.07) is 0. The van der Waals surface area contributed by atoms with Crippen LogP contribution >= 0.6 is 0 Å². The molecule has 0 radical (unpaired) electrons. The summed E-state index contributed by atoms with van der Waals surface area (Å²) in [6.07, 6.45) is 4.68. The number of hydrogen-bond donors (Lipinski definition) is 1. The number of Topliss-reactive ketones (excluding diaryl/α,β-unsaturated/α-hetero) is 1. The molecule has 98 valence electrons. The first-order valence-electron chi connectivity index (χ1n) is 6.57. The Labute approximate surface area is 104 Å². The van der Waals surface area contributed by atoms with Gasteiger partial charge in [0.25, 0.3) is 0 Å². The van der Waals surface area contributed by atoms with Crippen LogP contribution in [-0.4, -0.2) is 16.9 Å². The monoisotopic (exact) mass is 240 g/mol. The van der Waals surface area contributed by atoms with E-state index >= 15 is 0 Å². The molecule has 1 aliphatic carbocycles. The van der Waals surface area contributed by atoms with Crippen LogP contribution in [0.15, 0.2) is 0 Å². The van der Waals surface area contributed by atoms with E-state index in [2.05, 4.69) is 20.8 Å². The van der Waals surface area contributed by atoms with E-state index in [1.54, 1.807) is 0 Å². The van der Waals surface area contributed by atoms with E-state index in [1.807, 2.05) is 0 Å². The van der Waals surface area contributed by atoms with Crippen molar-refractivity contribution in [1.82, 2.24) is 0 Å². The van der Waals surface area contributed by atoms with E-state index in [1.165, 1.54) is 12.8 Å². The average molecular weight is 240 g/mol. The summed E-state index contributed by atoms with van der Waals surface area (Å²) in [6.45, 7) is 6.77. The van der Waals surface area contributed by atoms with Gasteiger partial charge in [0.15, 0.2) is 0 Å². The number of ketones is 1. The van der Waals surface area contributed by atoms with Gasteiger partial charge in [0, 0.05) is 6.42 Å². The second-order valence-corrected chi connectivity index (χ2v) is 6.08. The first-order valence-corrected chi connectivity index (χ1v) is 6.57. The van der Waals surface area contributed by atoms with Crippen molar-refractivity contribution in [3.63, 3.8) is 0 Å². The molecule has 3 nitrogen and oxygen atoms in total. The van der Waals surface area contributed by atoms with Gasteiger partial charge in [-0.05, 0) is 36.5 Å². The van der Waals surface area contributed by atoms with Crippen molar-refractivity contribution >= 4 is 11.8 Å². The summed E-state index contributed by atoms with van der Waals surface area (Å²) in [7, 11) is 0. The molecule has 0 amide bonds. The molecule has 0 heterocycles. The fraction of sp³-hybridized carbons (Fsp3) is 0.857. The lowest BCUT2D eigenvalue weighted by Gasteiger charge is -2.41. The normalized spacial score (nSPS) is 29.3. The summed E-state index contributed by atoms with van der Waals surface area (Å²) < 4.78 is 0. The molecule has 1 saturated carbocycles. The van der Waals surface area contributed by atoms with Gasteiger partial charge in [-0.2, -0.15) is 0 Å². The number of carbonyl (C=O) groups excluding carboxylic acids is 1. The minimum Gasteiger partial charge on any atom is -0.481 e. The standard InChI is InChI=1S/C14H24O3/c1-10(2)14(3)6-4-5-11(9-14)7-12(15)8-13(16)17/h10-11H,4-9H2,1-3H3,(H,16,17). The minimum atomic E-state index is -1.00. The molecule has 0 aromatic heterocycles. The number of carbonyl (C=O) groups is 2. The maximum absolute atomic E-state index is 11.5. The van der Waals surface area contributed by atoms with Gasteiger partial charge >= 0.3 is 5.97 Å². The quantitative estimate of drug-likeness (QED) is 0.750. The number of carboxylic acid groups (broad SMARTS) is 1. The molecule has 0 saturated heterocycles. The third-order valence-corrected chi connectivity index (χ3v) is 4.37. The van der Waals surface area contributed by atoms with Crippen molar-refractivity contribution < 1.29 is 14.7 Å². The Morgan fingerprint density at radius 2 is 2.06 bits per heavy atom. The second-order valence-electron chi connectivity index (χ2n) is 6.08. The lowest BCUT2D eigenvalue weighted by Crippen LogP contribution is -2.31. The van der Waals surface area contributed by atoms with Gasteiger partial charge in [0.2, 0.25) is 0 Å². The summed E-state index contributed by atoms with van der Waals surface area (Å²) in [4.78, 5) is 22.0. The van der Waals surface area contributed by atoms with Gasteiger partial charge in [0.1, 0.15) is 12.2 Å². The lowest BCUT2D eigenvalue weighted by atomic mass is 9.64. The SMILES string of the molecule is CC(C)C1(C)CCCC(CC(=O)CC(=O)O)C1. The van der Waals surface area contributed by atoms with Crippen molar-refractivity contribution in [1.29, 1.82) is 0 Å². The zero-order chi connectivity index (χ0) is 13.1. The van der Waals surface area contributed by atoms with Crippen LogP contribution in [0.25, 0.3) is 0 Å². The van der Waals surface area contributed by atoms with Crippen LogP contribution in [0.4, 0.5) is 0 Å². The van der Waals surface area contributed by atoms with Crippen molar-refractivity contribution in [3.8, 4) is 0 Å². The number of aliphatic carboxylic acids is 1. The van der Waals surface area contributed by atoms with Crippen LogP contribution in [0.1, 0.15) is 59.3 Å². The smallest absolute Gasteiger partial charge is 0.310 e. The third-order valence-electron chi connectivity index (χ3n) is 4.37. The molecule has 2 atom stereocenters. The van der Waals surface area contributed by atoms with Crippen LogP contribution < -0.4 is 0 Å². The Hall–Kier alpha value is -0.860. The molecule has 17 heavy (non-hydrogen) atoms. The van der Waals surface area contributed by atoms with E-state index < -0.39 is 5.97 Å². The largest absolute Gasteiger partial charge is 0.481 e. The topological polar surface area (TPSA) is 54.4 Å². The van der Waals surface area contributed by atoms with Crippen LogP contribution in [0.5, 0.6) is 0 Å². The Bertz CT molecular complexity index is 296. The van der Waals surface area contributed by atoms with Gasteiger partial charge in [-0.15, -0.1) is 0 Å². The van der Waals surface area contributed by atoms with Gasteiger partial charge < -0.3 is 5.11 Å². The van der Waals surface area contributed by atoms with E-state index in [9.17, 15) is 9.59 Å². The molecular formula is C14H24O3. The highest BCUT2D eigenvalue weighted by molar-refractivity contribution is 5.94. The van der Waals surface area contributed by atoms with Crippen molar-refractivity contribution in [2.75, 3.05) is 0 Å². The highest BCUT2D eigenvalue weighted by Gasteiger charge is 2.35. The fourth-order valence-electron chi connectivity index (χ4n) is 2.92. The molecule has 2 unspecified atom stereocenters. The summed E-state index contributed by atoms with van der Waals surface area (Å²) in [5, 5.41) is 8.58. The zero-order valence-corrected chi connectivity index (χ0v) is 11.2. The summed E-state index contributed by atoms with van der Waals surface area (Å²) in [5.41, 5.74) is 0.326. The molecule has 0 aromatic carbocycles. The fourth-order valence-corrected chi connectivity index (χ4v) is 2.92. The Morgan fingerprint density at radius 1 is 1.41 bits per heavy atom. The minimum absolute atomic E-state index is 0.115. The maximum Gasteiger partial charge on any atom is 0.310 e. The van der Waals surface area contributed by atoms with Crippen LogP contribution in [-0.2, 0) is 9.59 Å². The van der Waals surface area contributed by atoms with Crippen molar-refractivity contribution in [3.05, 3.63) is 0 Å². The third kappa shape index (κ3) is 4.14. The van der Waals surface area contributed by atoms with E-state index in [0.717, 1.165) is 12.8 Å². The molecule has 0 bridgehead atoms. The van der Waals surface area contributed by atoms with Gasteiger partial charge in [0.05, 0.1) is 0 Å². The van der Waals surface area contributed by atoms with Crippen molar-refractivity contribution in [2.24, 2.45) is 17.3 Å². The molecule has 0 aliphatic heterocycles. The molecule has 0 spiro atoms. The molecule has 1 aliphatic rings. The second kappa shape index (κ2) is 5.65. The molecule has 1 rings (SSSR count). The number of carboxylic acids is 1. The van der Waals surface area contributed by atoms with Crippen molar-refractivity contribution in [2.45, 2.75) is 59.3 Å². The Balaban J connectivity index is 2.50. The highest BCUT2D eigenvalue weighted by Crippen LogP contribution is 2.45. The lowest BCUT2D eigenvalue weighted by molar-refractivity contribution is -0.140. The van der Waals surface area contributed by atoms with Crippen LogP contribution in [0.2, 0.25) is 0 Å². The Morgan fingerprint density at radius 3 is 2.59 bits per heavy atom. The summed E-state index contributed by atoms with van der Waals surface area (Å²) >= 11 is 0. The van der Waals surface area contributed by atoms with Crippen LogP contribution in [0, 0.1) is 17.3 Å². The molecule has 3 heteroatoms. The van der Waals surface area contributed by atoms with Gasteiger partial charge in [-0.1, -0.05) is 27.2 Å². The van der Waals surface area contributed by atoms with Gasteiger partial charge in [-0.25, -0.2) is 0 Å². The first-order chi connectivity index (χ1) is 7.83. The predicted molar refractivity (Wildman–Crippen MR) is 66.8 cm³/mol. The first kappa shape index (κ1) is 14.2. The van der Waals surface area contributed by atoms with E-state index in [-0.39, 0.29) is 12.2 Å². The molecule has 0 aromatic rings. The van der Waals surface area contributed by atoms with E-state index in [4.69, 9.17) is 5.11 Å². The molecular weight excluding hydrogens is 216 g/mol. The Kier molecular flexibility index (Phi) is 4.72. The maximum atomic E-state index is 11.5. The average Bonchev–Trinajstić information content (AvgIpc) is 2.15. The molecule has 1 N–H and O–H groups in total. The number of hydrogen-bond acceptors (Lipinski definition) is 2. The zero-order valence-electron chi connectivity index (χ0n) is 11.2. The number of rotatable bonds is 5. The molecule has 1 fully saturated rings. The van der Waals surface area contributed by atoms with E-state index in [0.29, 0.717) is 23.7 Å². The summed E-state index contributed by atoms with van der Waals surface area (Å²) in [5.74, 6) is -0.101. The van der Waals surface area contributed by atoms with Crippen LogP contribution in [0.3, 0.4) is 0 Å². The highest BCUT2D eigenvalue weighted by atomic mass is 16.4. The predicted octanol–water partition coefficient (Wildman–Crippen LogP) is 3.27. The van der Waals surface area contributed by atoms with Gasteiger partial charge in [-0.3, -0.25) is 9.59 Å².